The summed E-state index contributed by atoms with van der Waals surface area (Å²) in [6.07, 6.45) is 7.75. The van der Waals surface area contributed by atoms with E-state index in [9.17, 15) is 13.6 Å². The Labute approximate surface area is 158 Å². The first-order chi connectivity index (χ1) is 13.0. The third-order valence-electron chi connectivity index (χ3n) is 6.28. The van der Waals surface area contributed by atoms with Gasteiger partial charge in [0.25, 0.3) is 0 Å². The van der Waals surface area contributed by atoms with Gasteiger partial charge in [-0.1, -0.05) is 6.07 Å². The zero-order valence-electron chi connectivity index (χ0n) is 15.5. The number of ether oxygens (including phenoxy) is 2. The number of rotatable bonds is 6. The van der Waals surface area contributed by atoms with Gasteiger partial charge in [-0.2, -0.15) is 8.78 Å². The number of carbonyl (C=O) groups is 1. The second kappa shape index (κ2) is 7.17. The Morgan fingerprint density at radius 3 is 2.56 bits per heavy atom. The third-order valence-corrected chi connectivity index (χ3v) is 6.28. The fraction of sp³-hybridized carbons (Fsp3) is 0.650. The van der Waals surface area contributed by atoms with Crippen LogP contribution < -0.4 is 14.8 Å². The van der Waals surface area contributed by atoms with Crippen molar-refractivity contribution in [3.05, 3.63) is 23.8 Å². The summed E-state index contributed by atoms with van der Waals surface area (Å²) in [6, 6.07) is 5.73. The number of hydrogen-bond donors (Lipinski definition) is 1. The molecule has 1 aromatic rings. The maximum atomic E-state index is 12.7. The van der Waals surface area contributed by atoms with Crippen molar-refractivity contribution >= 4 is 6.03 Å². The van der Waals surface area contributed by atoms with Gasteiger partial charge in [-0.05, 0) is 68.1 Å². The second-order valence-electron chi connectivity index (χ2n) is 8.05. The van der Waals surface area contributed by atoms with Crippen molar-refractivity contribution in [2.45, 2.75) is 63.6 Å². The van der Waals surface area contributed by atoms with Gasteiger partial charge in [-0.25, -0.2) is 4.79 Å². The molecule has 1 spiro atoms. The van der Waals surface area contributed by atoms with Gasteiger partial charge >= 0.3 is 12.6 Å². The van der Waals surface area contributed by atoms with E-state index in [1.54, 1.807) is 18.2 Å². The fourth-order valence-electron chi connectivity index (χ4n) is 4.83. The molecule has 1 aliphatic carbocycles. The van der Waals surface area contributed by atoms with Crippen molar-refractivity contribution in [3.8, 4) is 11.5 Å². The molecule has 5 nitrogen and oxygen atoms in total. The van der Waals surface area contributed by atoms with Gasteiger partial charge in [0.05, 0.1) is 7.11 Å². The van der Waals surface area contributed by atoms with Crippen LogP contribution in [0, 0.1) is 5.41 Å². The SMILES string of the molecule is COc1ccc(CCNC(=O)N2C3CCC2CC2(CC2)C3)cc1OC(F)F. The molecule has 2 saturated heterocycles. The zero-order chi connectivity index (χ0) is 19.0. The van der Waals surface area contributed by atoms with Gasteiger partial charge in [0.1, 0.15) is 0 Å². The van der Waals surface area contributed by atoms with E-state index in [4.69, 9.17) is 4.74 Å². The highest BCUT2D eigenvalue weighted by molar-refractivity contribution is 5.75. The molecule has 27 heavy (non-hydrogen) atoms. The molecule has 148 valence electrons. The lowest BCUT2D eigenvalue weighted by molar-refractivity contribution is -0.0512. The van der Waals surface area contributed by atoms with Gasteiger partial charge in [0, 0.05) is 18.6 Å². The van der Waals surface area contributed by atoms with Gasteiger partial charge in [0.15, 0.2) is 11.5 Å². The van der Waals surface area contributed by atoms with Crippen LogP contribution in [0.4, 0.5) is 13.6 Å². The quantitative estimate of drug-likeness (QED) is 0.813. The third kappa shape index (κ3) is 3.82. The molecule has 1 aromatic carbocycles. The van der Waals surface area contributed by atoms with Crippen molar-refractivity contribution in [2.24, 2.45) is 5.41 Å². The average molecular weight is 380 g/mol. The number of piperidine rings is 1. The minimum Gasteiger partial charge on any atom is -0.493 e. The van der Waals surface area contributed by atoms with Gasteiger partial charge in [-0.3, -0.25) is 0 Å². The van der Waals surface area contributed by atoms with Crippen molar-refractivity contribution in [3.63, 3.8) is 0 Å². The minimum absolute atomic E-state index is 0.00978. The predicted molar refractivity (Wildman–Crippen MR) is 96.3 cm³/mol. The van der Waals surface area contributed by atoms with Crippen molar-refractivity contribution < 1.29 is 23.0 Å². The second-order valence-corrected chi connectivity index (χ2v) is 8.05. The molecule has 1 saturated carbocycles. The van der Waals surface area contributed by atoms with Crippen molar-refractivity contribution in [1.29, 1.82) is 0 Å². The number of benzene rings is 1. The molecule has 7 heteroatoms. The van der Waals surface area contributed by atoms with Crippen LogP contribution in [0.15, 0.2) is 18.2 Å². The van der Waals surface area contributed by atoms with Crippen LogP contribution in [-0.2, 0) is 6.42 Å². The van der Waals surface area contributed by atoms with Crippen LogP contribution in [0.3, 0.4) is 0 Å². The monoisotopic (exact) mass is 380 g/mol. The van der Waals surface area contributed by atoms with E-state index in [0.29, 0.717) is 30.5 Å². The predicted octanol–water partition coefficient (Wildman–Crippen LogP) is 3.96. The summed E-state index contributed by atoms with van der Waals surface area (Å²) >= 11 is 0. The van der Waals surface area contributed by atoms with E-state index in [-0.39, 0.29) is 17.5 Å². The molecule has 0 radical (unpaired) electrons. The average Bonchev–Trinajstić information content (AvgIpc) is 3.31. The van der Waals surface area contributed by atoms with Gasteiger partial charge in [-0.15, -0.1) is 0 Å². The van der Waals surface area contributed by atoms with Crippen LogP contribution in [0.1, 0.15) is 44.1 Å². The molecule has 3 fully saturated rings. The maximum absolute atomic E-state index is 12.7. The Hall–Kier alpha value is -2.05. The summed E-state index contributed by atoms with van der Waals surface area (Å²) in [5.41, 5.74) is 1.36. The molecular weight excluding hydrogens is 354 g/mol. The van der Waals surface area contributed by atoms with Gasteiger partial charge < -0.3 is 19.7 Å². The highest BCUT2D eigenvalue weighted by Crippen LogP contribution is 2.59. The van der Waals surface area contributed by atoms with Gasteiger partial charge in [0.2, 0.25) is 0 Å². The number of alkyl halides is 2. The molecule has 2 aliphatic heterocycles. The fourth-order valence-corrected chi connectivity index (χ4v) is 4.83. The van der Waals surface area contributed by atoms with Crippen molar-refractivity contribution in [2.75, 3.05) is 13.7 Å². The Bertz CT molecular complexity index is 692. The molecule has 2 heterocycles. The first kappa shape index (κ1) is 18.3. The van der Waals surface area contributed by atoms with E-state index < -0.39 is 6.61 Å². The number of fused-ring (bicyclic) bond motifs is 2. The first-order valence-corrected chi connectivity index (χ1v) is 9.68. The maximum Gasteiger partial charge on any atom is 0.387 e. The lowest BCUT2D eigenvalue weighted by Gasteiger charge is -2.39. The van der Waals surface area contributed by atoms with Crippen LogP contribution in [0.2, 0.25) is 0 Å². The molecule has 1 N–H and O–H groups in total. The molecule has 2 amide bonds. The molecule has 0 aromatic heterocycles. The summed E-state index contributed by atoms with van der Waals surface area (Å²) in [5, 5.41) is 3.01. The smallest absolute Gasteiger partial charge is 0.387 e. The van der Waals surface area contributed by atoms with Crippen LogP contribution >= 0.6 is 0 Å². The van der Waals surface area contributed by atoms with Crippen LogP contribution in [0.5, 0.6) is 11.5 Å². The van der Waals surface area contributed by atoms with E-state index in [1.165, 1.54) is 20.0 Å². The first-order valence-electron chi connectivity index (χ1n) is 9.68. The summed E-state index contributed by atoms with van der Waals surface area (Å²) < 4.78 is 34.6. The Morgan fingerprint density at radius 2 is 1.96 bits per heavy atom. The highest BCUT2D eigenvalue weighted by atomic mass is 19.3. The zero-order valence-corrected chi connectivity index (χ0v) is 15.5. The summed E-state index contributed by atoms with van der Waals surface area (Å²) in [4.78, 5) is 14.7. The number of halogens is 2. The number of hydrogen-bond acceptors (Lipinski definition) is 3. The summed E-state index contributed by atoms with van der Waals surface area (Å²) in [5.74, 6) is 0.280. The number of amides is 2. The molecular formula is C20H26F2N2O3. The van der Waals surface area contributed by atoms with Crippen LogP contribution in [0.25, 0.3) is 0 Å². The number of methoxy groups -OCH3 is 1. The summed E-state index contributed by atoms with van der Waals surface area (Å²) in [7, 11) is 1.41. The Balaban J connectivity index is 1.31. The number of nitrogens with one attached hydrogen (secondary N) is 1. The highest BCUT2D eigenvalue weighted by Gasteiger charge is 2.55. The minimum atomic E-state index is -2.90. The Morgan fingerprint density at radius 1 is 1.26 bits per heavy atom. The molecule has 3 aliphatic rings. The molecule has 4 rings (SSSR count). The molecule has 2 atom stereocenters. The molecule has 2 bridgehead atoms. The molecule has 2 unspecified atom stereocenters. The number of urea groups is 1. The van der Waals surface area contributed by atoms with E-state index in [1.807, 2.05) is 0 Å². The summed E-state index contributed by atoms with van der Waals surface area (Å²) in [6.45, 7) is -2.45. The van der Waals surface area contributed by atoms with Crippen LogP contribution in [-0.4, -0.2) is 43.3 Å². The van der Waals surface area contributed by atoms with E-state index >= 15 is 0 Å². The normalized spacial score (nSPS) is 25.0. The largest absolute Gasteiger partial charge is 0.493 e. The topological polar surface area (TPSA) is 50.8 Å². The lowest BCUT2D eigenvalue weighted by Crippen LogP contribution is -2.51. The number of nitrogens with zero attached hydrogens (tertiary/aromatic N) is 1. The number of carbonyl (C=O) groups excluding carboxylic acids is 1. The lowest BCUT2D eigenvalue weighted by atomic mass is 9.88. The van der Waals surface area contributed by atoms with Crippen molar-refractivity contribution in [1.82, 2.24) is 10.2 Å². The standard InChI is InChI=1S/C20H26F2N2O3/c1-26-16-5-2-13(10-17(16)27-18(21)22)6-9-23-19(25)24-14-3-4-15(24)12-20(11-14)7-8-20/h2,5,10,14-15,18H,3-4,6-9,11-12H2,1H3,(H,23,25). The Kier molecular flexibility index (Phi) is 4.86. The van der Waals surface area contributed by atoms with E-state index in [0.717, 1.165) is 31.2 Å². The van der Waals surface area contributed by atoms with E-state index in [2.05, 4.69) is 15.0 Å².